The molecule has 5 rings (SSSR count). The molecule has 2 fully saturated rings. The van der Waals surface area contributed by atoms with Crippen LogP contribution in [0.5, 0.6) is 0 Å². The third-order valence-electron chi connectivity index (χ3n) is 6.61. The predicted molar refractivity (Wildman–Crippen MR) is 133 cm³/mol. The number of carbonyl (C=O) groups excluding carboxylic acids is 3. The van der Waals surface area contributed by atoms with E-state index in [4.69, 9.17) is 16.3 Å². The fourth-order valence-corrected chi connectivity index (χ4v) is 4.91. The summed E-state index contributed by atoms with van der Waals surface area (Å²) >= 11 is 6.02. The third kappa shape index (κ3) is 4.99. The van der Waals surface area contributed by atoms with E-state index < -0.39 is 12.1 Å². The van der Waals surface area contributed by atoms with Gasteiger partial charge in [0.2, 0.25) is 5.91 Å². The summed E-state index contributed by atoms with van der Waals surface area (Å²) in [5, 5.41) is 3.50. The molecule has 0 aliphatic carbocycles. The number of rotatable bonds is 6. The average molecular weight is 489 g/mol. The second-order valence-electron chi connectivity index (χ2n) is 8.88. The van der Waals surface area contributed by atoms with Crippen molar-refractivity contribution in [2.75, 3.05) is 13.2 Å². The van der Waals surface area contributed by atoms with Crippen molar-refractivity contribution in [2.24, 2.45) is 0 Å². The molecule has 3 aromatic carbocycles. The van der Waals surface area contributed by atoms with Gasteiger partial charge in [-0.25, -0.2) is 0 Å². The van der Waals surface area contributed by atoms with E-state index >= 15 is 0 Å². The molecule has 0 saturated carbocycles. The Labute approximate surface area is 208 Å². The molecule has 2 saturated heterocycles. The first kappa shape index (κ1) is 23.3. The van der Waals surface area contributed by atoms with Crippen LogP contribution >= 0.6 is 11.6 Å². The molecule has 3 atom stereocenters. The van der Waals surface area contributed by atoms with Crippen molar-refractivity contribution in [3.05, 3.63) is 95.0 Å². The van der Waals surface area contributed by atoms with Gasteiger partial charge in [0.1, 0.15) is 18.7 Å². The largest absolute Gasteiger partial charge is 0.368 e. The molecule has 2 aliphatic heterocycles. The summed E-state index contributed by atoms with van der Waals surface area (Å²) in [7, 11) is 0. The first-order valence-corrected chi connectivity index (χ1v) is 12.0. The van der Waals surface area contributed by atoms with Crippen LogP contribution in [0.4, 0.5) is 0 Å². The monoisotopic (exact) mass is 488 g/mol. The smallest absolute Gasteiger partial charge is 0.251 e. The zero-order valence-corrected chi connectivity index (χ0v) is 19.8. The highest BCUT2D eigenvalue weighted by Gasteiger charge is 2.48. The highest BCUT2D eigenvalue weighted by Crippen LogP contribution is 2.28. The van der Waals surface area contributed by atoms with Crippen molar-refractivity contribution < 1.29 is 19.1 Å². The van der Waals surface area contributed by atoms with Crippen LogP contribution in [0.1, 0.15) is 22.3 Å². The van der Waals surface area contributed by atoms with E-state index in [0.717, 1.165) is 16.7 Å². The fraction of sp³-hybridized carbons (Fsp3) is 0.250. The lowest BCUT2D eigenvalue weighted by atomic mass is 10.0. The fourth-order valence-electron chi connectivity index (χ4n) is 4.78. The van der Waals surface area contributed by atoms with Gasteiger partial charge in [-0.2, -0.15) is 0 Å². The topological polar surface area (TPSA) is 75.7 Å². The Balaban J connectivity index is 1.36. The van der Waals surface area contributed by atoms with Gasteiger partial charge >= 0.3 is 0 Å². The second kappa shape index (κ2) is 10.0. The lowest BCUT2D eigenvalue weighted by Gasteiger charge is -2.27. The zero-order valence-electron chi connectivity index (χ0n) is 19.0. The molecule has 0 radical (unpaired) electrons. The molecule has 6 nitrogen and oxygen atoms in total. The van der Waals surface area contributed by atoms with Crippen molar-refractivity contribution in [1.29, 1.82) is 0 Å². The highest BCUT2D eigenvalue weighted by molar-refractivity contribution is 6.30. The van der Waals surface area contributed by atoms with Gasteiger partial charge in [0, 0.05) is 23.6 Å². The van der Waals surface area contributed by atoms with Crippen LogP contribution in [-0.2, 0) is 20.7 Å². The summed E-state index contributed by atoms with van der Waals surface area (Å²) in [6.45, 7) is 0.458. The van der Waals surface area contributed by atoms with E-state index in [1.165, 1.54) is 0 Å². The van der Waals surface area contributed by atoms with E-state index in [-0.39, 0.29) is 36.7 Å². The Hall–Kier alpha value is -3.48. The first-order chi connectivity index (χ1) is 17.0. The Bertz CT molecular complexity index is 1230. The van der Waals surface area contributed by atoms with Crippen molar-refractivity contribution >= 4 is 29.2 Å². The van der Waals surface area contributed by atoms with Crippen LogP contribution in [0.15, 0.2) is 78.9 Å². The molecule has 3 aromatic rings. The number of fused-ring (bicyclic) bond motifs is 1. The van der Waals surface area contributed by atoms with Crippen molar-refractivity contribution in [2.45, 2.75) is 31.0 Å². The van der Waals surface area contributed by atoms with Gasteiger partial charge in [0.05, 0.1) is 6.10 Å². The number of carbonyl (C=O) groups is 3. The molecule has 7 heteroatoms. The number of ketones is 1. The van der Waals surface area contributed by atoms with E-state index in [1.807, 2.05) is 54.6 Å². The number of Topliss-reactive ketones (excluding diaryl/α,β-unsaturated/α-hetero) is 1. The minimum Gasteiger partial charge on any atom is -0.368 e. The summed E-state index contributed by atoms with van der Waals surface area (Å²) in [5.41, 5.74) is 3.37. The van der Waals surface area contributed by atoms with Crippen LogP contribution in [-0.4, -0.2) is 53.8 Å². The van der Waals surface area contributed by atoms with Gasteiger partial charge in [-0.3, -0.25) is 14.4 Å². The Morgan fingerprint density at radius 2 is 1.66 bits per heavy atom. The number of nitrogens with zero attached hydrogens (tertiary/aromatic N) is 1. The van der Waals surface area contributed by atoms with Crippen LogP contribution in [0.25, 0.3) is 11.1 Å². The molecule has 178 valence electrons. The van der Waals surface area contributed by atoms with Gasteiger partial charge in [0.25, 0.3) is 5.91 Å². The zero-order chi connectivity index (χ0) is 24.4. The molecule has 2 amide bonds. The number of hydrogen-bond acceptors (Lipinski definition) is 4. The van der Waals surface area contributed by atoms with Crippen molar-refractivity contribution in [1.82, 2.24) is 10.2 Å². The SMILES string of the molecule is O=C(NC(Cc1ccc(Cl)cc1)C(=O)N1CCC2OCC(=O)C21)c1ccc(-c2ccccc2)cc1. The van der Waals surface area contributed by atoms with Crippen molar-refractivity contribution in [3.8, 4) is 11.1 Å². The molecule has 2 heterocycles. The lowest BCUT2D eigenvalue weighted by molar-refractivity contribution is -0.138. The van der Waals surface area contributed by atoms with E-state index in [2.05, 4.69) is 5.32 Å². The van der Waals surface area contributed by atoms with Crippen molar-refractivity contribution in [3.63, 3.8) is 0 Å². The molecule has 1 N–H and O–H groups in total. The lowest BCUT2D eigenvalue weighted by Crippen LogP contribution is -2.53. The van der Waals surface area contributed by atoms with E-state index in [0.29, 0.717) is 23.6 Å². The number of amides is 2. The molecular weight excluding hydrogens is 464 g/mol. The predicted octanol–water partition coefficient (Wildman–Crippen LogP) is 3.92. The first-order valence-electron chi connectivity index (χ1n) is 11.7. The number of hydrogen-bond donors (Lipinski definition) is 1. The standard InChI is InChI=1S/C28H25ClN2O4/c29-22-12-6-18(7-13-22)16-23(28(34)31-15-14-25-26(31)24(32)17-35-25)30-27(33)21-10-8-20(9-11-21)19-4-2-1-3-5-19/h1-13,23,25-26H,14-17H2,(H,30,33). The molecule has 0 spiro atoms. The normalized spacial score (nSPS) is 19.9. The summed E-state index contributed by atoms with van der Waals surface area (Å²) in [6, 6.07) is 23.0. The van der Waals surface area contributed by atoms with Crippen LogP contribution in [0, 0.1) is 0 Å². The van der Waals surface area contributed by atoms with E-state index in [9.17, 15) is 14.4 Å². The minimum atomic E-state index is -0.829. The molecule has 3 unspecified atom stereocenters. The molecule has 35 heavy (non-hydrogen) atoms. The third-order valence-corrected chi connectivity index (χ3v) is 6.86. The van der Waals surface area contributed by atoms with Gasteiger partial charge in [0.15, 0.2) is 5.78 Å². The average Bonchev–Trinajstić information content (AvgIpc) is 3.48. The second-order valence-corrected chi connectivity index (χ2v) is 9.32. The van der Waals surface area contributed by atoms with Gasteiger partial charge in [-0.05, 0) is 47.4 Å². The number of likely N-dealkylation sites (tertiary alicyclic amines) is 1. The maximum Gasteiger partial charge on any atom is 0.251 e. The number of nitrogens with one attached hydrogen (secondary N) is 1. The Kier molecular flexibility index (Phi) is 6.66. The Morgan fingerprint density at radius 3 is 2.37 bits per heavy atom. The summed E-state index contributed by atoms with van der Waals surface area (Å²) in [6.07, 6.45) is 0.640. The number of ether oxygens (including phenoxy) is 1. The summed E-state index contributed by atoms with van der Waals surface area (Å²) in [4.78, 5) is 40.7. The van der Waals surface area contributed by atoms with Gasteiger partial charge in [-0.15, -0.1) is 0 Å². The van der Waals surface area contributed by atoms with Gasteiger partial charge < -0.3 is 15.0 Å². The summed E-state index contributed by atoms with van der Waals surface area (Å²) in [5.74, 6) is -0.712. The summed E-state index contributed by atoms with van der Waals surface area (Å²) < 4.78 is 5.53. The highest BCUT2D eigenvalue weighted by atomic mass is 35.5. The number of benzene rings is 3. The maximum atomic E-state index is 13.6. The van der Waals surface area contributed by atoms with Gasteiger partial charge in [-0.1, -0.05) is 66.2 Å². The van der Waals surface area contributed by atoms with E-state index in [1.54, 1.807) is 29.2 Å². The molecular formula is C28H25ClN2O4. The maximum absolute atomic E-state index is 13.6. The minimum absolute atomic E-state index is 0.0289. The molecule has 0 bridgehead atoms. The van der Waals surface area contributed by atoms with Crippen LogP contribution in [0.2, 0.25) is 5.02 Å². The number of halogens is 1. The van der Waals surface area contributed by atoms with Crippen LogP contribution in [0.3, 0.4) is 0 Å². The van der Waals surface area contributed by atoms with Crippen LogP contribution < -0.4 is 5.32 Å². The quantitative estimate of drug-likeness (QED) is 0.570. The molecule has 2 aliphatic rings. The molecule has 0 aromatic heterocycles. The Morgan fingerprint density at radius 1 is 0.971 bits per heavy atom.